The molecule has 2 heterocycles. The van der Waals surface area contributed by atoms with Crippen molar-refractivity contribution in [1.29, 1.82) is 0 Å². The fourth-order valence-corrected chi connectivity index (χ4v) is 2.17. The van der Waals surface area contributed by atoms with Crippen molar-refractivity contribution < 1.29 is 18.0 Å². The number of amides is 1. The molecule has 8 heteroatoms. The van der Waals surface area contributed by atoms with E-state index in [1.165, 1.54) is 6.07 Å². The molecular formula is C16H11F3N4O. The average Bonchev–Trinajstić information content (AvgIpc) is 2.53. The van der Waals surface area contributed by atoms with Gasteiger partial charge in [0, 0.05) is 11.6 Å². The zero-order chi connectivity index (χ0) is 17.3. The number of benzene rings is 1. The number of pyridine rings is 2. The number of rotatable bonds is 2. The summed E-state index contributed by atoms with van der Waals surface area (Å²) in [6, 6.07) is 9.39. The molecule has 0 aliphatic rings. The summed E-state index contributed by atoms with van der Waals surface area (Å²) in [5.74, 6) is -0.669. The summed E-state index contributed by atoms with van der Waals surface area (Å²) in [6.45, 7) is 0. The first kappa shape index (κ1) is 15.7. The summed E-state index contributed by atoms with van der Waals surface area (Å²) < 4.78 is 38.1. The molecule has 0 bridgehead atoms. The van der Waals surface area contributed by atoms with Gasteiger partial charge in [0.1, 0.15) is 5.82 Å². The number of fused-ring (bicyclic) bond motifs is 1. The number of hydrogen-bond donors (Lipinski definition) is 2. The number of nitrogens with two attached hydrogens (primary N) is 1. The van der Waals surface area contributed by atoms with Gasteiger partial charge in [-0.3, -0.25) is 9.78 Å². The number of alkyl halides is 3. The fourth-order valence-electron chi connectivity index (χ4n) is 2.17. The van der Waals surface area contributed by atoms with Gasteiger partial charge >= 0.3 is 6.18 Å². The predicted octanol–water partition coefficient (Wildman–Crippen LogP) is 3.48. The first-order valence-electron chi connectivity index (χ1n) is 6.83. The molecule has 0 saturated heterocycles. The molecule has 0 aliphatic carbocycles. The summed E-state index contributed by atoms with van der Waals surface area (Å²) in [4.78, 5) is 19.9. The van der Waals surface area contributed by atoms with E-state index in [1.807, 2.05) is 0 Å². The topological polar surface area (TPSA) is 80.9 Å². The molecule has 0 fully saturated rings. The first-order valence-corrected chi connectivity index (χ1v) is 6.83. The molecule has 122 valence electrons. The Morgan fingerprint density at radius 1 is 1.12 bits per heavy atom. The van der Waals surface area contributed by atoms with E-state index >= 15 is 0 Å². The number of nitrogens with one attached hydrogen (secondary N) is 1. The number of para-hydroxylation sites is 1. The van der Waals surface area contributed by atoms with E-state index in [9.17, 15) is 18.0 Å². The monoisotopic (exact) mass is 332 g/mol. The van der Waals surface area contributed by atoms with Crippen LogP contribution in [-0.4, -0.2) is 15.9 Å². The molecule has 2 aromatic heterocycles. The number of carbonyl (C=O) groups excluding carboxylic acids is 1. The second-order valence-electron chi connectivity index (χ2n) is 5.03. The number of anilines is 2. The maximum absolute atomic E-state index is 12.7. The van der Waals surface area contributed by atoms with Crippen LogP contribution >= 0.6 is 0 Å². The minimum atomic E-state index is -4.54. The highest BCUT2D eigenvalue weighted by molar-refractivity contribution is 6.09. The first-order chi connectivity index (χ1) is 11.3. The van der Waals surface area contributed by atoms with Crippen molar-refractivity contribution in [3.05, 3.63) is 59.9 Å². The molecule has 3 N–H and O–H groups in total. The molecule has 0 radical (unpaired) electrons. The molecule has 0 unspecified atom stereocenters. The van der Waals surface area contributed by atoms with Gasteiger partial charge in [-0.25, -0.2) is 4.98 Å². The Kier molecular flexibility index (Phi) is 3.80. The Morgan fingerprint density at radius 2 is 1.88 bits per heavy atom. The lowest BCUT2D eigenvalue weighted by Gasteiger charge is -2.10. The third-order valence-electron chi connectivity index (χ3n) is 3.32. The van der Waals surface area contributed by atoms with Crippen LogP contribution in [0, 0.1) is 0 Å². The van der Waals surface area contributed by atoms with Crippen LogP contribution in [0.1, 0.15) is 15.9 Å². The number of hydrogen-bond acceptors (Lipinski definition) is 4. The van der Waals surface area contributed by atoms with E-state index in [1.54, 1.807) is 24.3 Å². The fraction of sp³-hybridized carbons (Fsp3) is 0.0625. The van der Waals surface area contributed by atoms with Gasteiger partial charge in [0.15, 0.2) is 0 Å². The lowest BCUT2D eigenvalue weighted by Crippen LogP contribution is -2.16. The lowest BCUT2D eigenvalue weighted by molar-refractivity contribution is -0.137. The quantitative estimate of drug-likeness (QED) is 0.753. The number of nitrogen functional groups attached to an aromatic ring is 1. The van der Waals surface area contributed by atoms with Gasteiger partial charge in [-0.05, 0) is 18.2 Å². The lowest BCUT2D eigenvalue weighted by atomic mass is 10.1. The van der Waals surface area contributed by atoms with Crippen molar-refractivity contribution >= 4 is 28.3 Å². The van der Waals surface area contributed by atoms with Crippen molar-refractivity contribution in [2.24, 2.45) is 0 Å². The minimum absolute atomic E-state index is 0.00821. The highest BCUT2D eigenvalue weighted by atomic mass is 19.4. The Hall–Kier alpha value is -3.16. The van der Waals surface area contributed by atoms with Gasteiger partial charge in [0.2, 0.25) is 0 Å². The van der Waals surface area contributed by atoms with E-state index in [4.69, 9.17) is 5.73 Å². The van der Waals surface area contributed by atoms with E-state index in [0.717, 1.165) is 12.3 Å². The molecule has 3 rings (SSSR count). The van der Waals surface area contributed by atoms with Gasteiger partial charge in [0.25, 0.3) is 5.91 Å². The standard InChI is InChI=1S/C16H11F3N4O/c17-16(18,19)10-6-11(8-21-7-10)22-15(24)12-5-9-3-1-2-4-13(9)23-14(12)20/h1-8H,(H2,20,23)(H,22,24). The molecule has 5 nitrogen and oxygen atoms in total. The molecule has 24 heavy (non-hydrogen) atoms. The molecule has 0 aliphatic heterocycles. The maximum atomic E-state index is 12.7. The van der Waals surface area contributed by atoms with Crippen LogP contribution in [-0.2, 0) is 6.18 Å². The van der Waals surface area contributed by atoms with Crippen LogP contribution in [0.4, 0.5) is 24.7 Å². The van der Waals surface area contributed by atoms with E-state index in [0.29, 0.717) is 17.1 Å². The summed E-state index contributed by atoms with van der Waals surface area (Å²) >= 11 is 0. The molecule has 0 saturated carbocycles. The van der Waals surface area contributed by atoms with Crippen molar-refractivity contribution in [3.8, 4) is 0 Å². The predicted molar refractivity (Wildman–Crippen MR) is 83.3 cm³/mol. The number of nitrogens with zero attached hydrogens (tertiary/aromatic N) is 2. The molecule has 0 spiro atoms. The Balaban J connectivity index is 1.92. The van der Waals surface area contributed by atoms with Gasteiger partial charge in [-0.1, -0.05) is 18.2 Å². The van der Waals surface area contributed by atoms with Crippen LogP contribution in [0.25, 0.3) is 10.9 Å². The Labute approximate surface area is 134 Å². The van der Waals surface area contributed by atoms with E-state index in [2.05, 4.69) is 15.3 Å². The minimum Gasteiger partial charge on any atom is -0.383 e. The van der Waals surface area contributed by atoms with Gasteiger partial charge < -0.3 is 11.1 Å². The second kappa shape index (κ2) is 5.80. The molecule has 1 aromatic carbocycles. The van der Waals surface area contributed by atoms with Crippen molar-refractivity contribution in [3.63, 3.8) is 0 Å². The van der Waals surface area contributed by atoms with Crippen LogP contribution in [0.3, 0.4) is 0 Å². The summed E-state index contributed by atoms with van der Waals surface area (Å²) in [7, 11) is 0. The maximum Gasteiger partial charge on any atom is 0.417 e. The number of halogens is 3. The average molecular weight is 332 g/mol. The van der Waals surface area contributed by atoms with Crippen molar-refractivity contribution in [2.45, 2.75) is 6.18 Å². The van der Waals surface area contributed by atoms with Gasteiger partial charge in [-0.15, -0.1) is 0 Å². The Bertz CT molecular complexity index is 925. The normalized spacial score (nSPS) is 11.5. The number of carbonyl (C=O) groups is 1. The summed E-state index contributed by atoms with van der Waals surface area (Å²) in [6.07, 6.45) is -2.74. The van der Waals surface area contributed by atoms with Crippen LogP contribution in [0.5, 0.6) is 0 Å². The van der Waals surface area contributed by atoms with Gasteiger partial charge in [-0.2, -0.15) is 13.2 Å². The van der Waals surface area contributed by atoms with E-state index < -0.39 is 17.6 Å². The summed E-state index contributed by atoms with van der Waals surface area (Å²) in [5, 5.41) is 3.05. The third-order valence-corrected chi connectivity index (χ3v) is 3.32. The van der Waals surface area contributed by atoms with E-state index in [-0.39, 0.29) is 17.1 Å². The van der Waals surface area contributed by atoms with Crippen LogP contribution in [0.2, 0.25) is 0 Å². The van der Waals surface area contributed by atoms with Crippen LogP contribution < -0.4 is 11.1 Å². The van der Waals surface area contributed by atoms with Gasteiger partial charge in [0.05, 0.1) is 28.5 Å². The molecule has 3 aromatic rings. The Morgan fingerprint density at radius 3 is 2.62 bits per heavy atom. The third kappa shape index (κ3) is 3.12. The number of aromatic nitrogens is 2. The van der Waals surface area contributed by atoms with Crippen LogP contribution in [0.15, 0.2) is 48.8 Å². The second-order valence-corrected chi connectivity index (χ2v) is 5.03. The SMILES string of the molecule is Nc1nc2ccccc2cc1C(=O)Nc1cncc(C(F)(F)F)c1. The highest BCUT2D eigenvalue weighted by Gasteiger charge is 2.31. The van der Waals surface area contributed by atoms with Crippen molar-refractivity contribution in [2.75, 3.05) is 11.1 Å². The summed E-state index contributed by atoms with van der Waals surface area (Å²) in [5.41, 5.74) is 5.43. The zero-order valence-electron chi connectivity index (χ0n) is 12.1. The van der Waals surface area contributed by atoms with Crippen molar-refractivity contribution in [1.82, 2.24) is 9.97 Å². The smallest absolute Gasteiger partial charge is 0.383 e. The molecular weight excluding hydrogens is 321 g/mol. The largest absolute Gasteiger partial charge is 0.417 e. The zero-order valence-corrected chi connectivity index (χ0v) is 12.1. The molecule has 0 atom stereocenters. The molecule has 1 amide bonds. The highest BCUT2D eigenvalue weighted by Crippen LogP contribution is 2.30.